The third-order valence-electron chi connectivity index (χ3n) is 2.38. The van der Waals surface area contributed by atoms with Crippen molar-refractivity contribution in [3.8, 4) is 5.69 Å². The molecule has 3 nitrogen and oxygen atoms in total. The van der Waals surface area contributed by atoms with Crippen molar-refractivity contribution in [3.63, 3.8) is 0 Å². The highest BCUT2D eigenvalue weighted by molar-refractivity contribution is 6.35. The lowest BCUT2D eigenvalue weighted by molar-refractivity contribution is 0.855. The average molecular weight is 269 g/mol. The molecule has 0 unspecified atom stereocenters. The Bertz CT molecular complexity index is 635. The van der Waals surface area contributed by atoms with E-state index in [1.165, 1.54) is 4.57 Å². The lowest BCUT2D eigenvalue weighted by Gasteiger charge is -2.11. The molecule has 0 aliphatic rings. The predicted molar refractivity (Wildman–Crippen MR) is 69.3 cm³/mol. The van der Waals surface area contributed by atoms with Gasteiger partial charge in [-0.2, -0.15) is 4.98 Å². The summed E-state index contributed by atoms with van der Waals surface area (Å²) in [6.07, 6.45) is 0. The fraction of sp³-hybridized carbons (Fsp3) is 0.167. The SMILES string of the molecule is Cc1cc(C)n(-c2ccc(Cl)cc2Cl)c(=O)n1. The molecule has 0 bridgehead atoms. The van der Waals surface area contributed by atoms with Crippen LogP contribution in [0, 0.1) is 13.8 Å². The first kappa shape index (κ1) is 12.1. The maximum Gasteiger partial charge on any atom is 0.352 e. The zero-order valence-electron chi connectivity index (χ0n) is 9.37. The van der Waals surface area contributed by atoms with E-state index in [2.05, 4.69) is 4.98 Å². The Hall–Kier alpha value is -1.32. The smallest absolute Gasteiger partial charge is 0.264 e. The molecule has 0 atom stereocenters. The Morgan fingerprint density at radius 2 is 1.88 bits per heavy atom. The Morgan fingerprint density at radius 1 is 1.18 bits per heavy atom. The number of aromatic nitrogens is 2. The Labute approximate surface area is 109 Å². The largest absolute Gasteiger partial charge is 0.352 e. The summed E-state index contributed by atoms with van der Waals surface area (Å²) in [6, 6.07) is 6.82. The van der Waals surface area contributed by atoms with Gasteiger partial charge in [0.2, 0.25) is 0 Å². The van der Waals surface area contributed by atoms with Gasteiger partial charge in [0, 0.05) is 16.4 Å². The van der Waals surface area contributed by atoms with E-state index in [0.29, 0.717) is 21.4 Å². The molecule has 0 N–H and O–H groups in total. The fourth-order valence-electron chi connectivity index (χ4n) is 1.71. The van der Waals surface area contributed by atoms with Crippen LogP contribution in [0.3, 0.4) is 0 Å². The van der Waals surface area contributed by atoms with Gasteiger partial charge in [-0.05, 0) is 38.1 Å². The zero-order chi connectivity index (χ0) is 12.6. The summed E-state index contributed by atoms with van der Waals surface area (Å²) < 4.78 is 1.46. The molecule has 1 aromatic carbocycles. The van der Waals surface area contributed by atoms with Gasteiger partial charge in [0.1, 0.15) is 0 Å². The second-order valence-electron chi connectivity index (χ2n) is 3.75. The van der Waals surface area contributed by atoms with Crippen LogP contribution in [0.25, 0.3) is 5.69 Å². The van der Waals surface area contributed by atoms with E-state index >= 15 is 0 Å². The minimum Gasteiger partial charge on any atom is -0.264 e. The minimum atomic E-state index is -0.341. The summed E-state index contributed by atoms with van der Waals surface area (Å²) in [6.45, 7) is 3.61. The van der Waals surface area contributed by atoms with E-state index < -0.39 is 0 Å². The quantitative estimate of drug-likeness (QED) is 0.797. The van der Waals surface area contributed by atoms with Crippen LogP contribution in [0.4, 0.5) is 0 Å². The van der Waals surface area contributed by atoms with E-state index in [1.807, 2.05) is 13.0 Å². The van der Waals surface area contributed by atoms with E-state index in [0.717, 1.165) is 5.69 Å². The molecule has 0 aliphatic carbocycles. The van der Waals surface area contributed by atoms with Crippen molar-refractivity contribution in [1.29, 1.82) is 0 Å². The van der Waals surface area contributed by atoms with Gasteiger partial charge < -0.3 is 0 Å². The molecule has 88 valence electrons. The van der Waals surface area contributed by atoms with Gasteiger partial charge in [0.15, 0.2) is 0 Å². The predicted octanol–water partition coefficient (Wildman–Crippen LogP) is 3.16. The molecule has 2 rings (SSSR count). The van der Waals surface area contributed by atoms with Crippen molar-refractivity contribution < 1.29 is 0 Å². The number of hydrogen-bond acceptors (Lipinski definition) is 2. The van der Waals surface area contributed by atoms with Crippen molar-refractivity contribution >= 4 is 23.2 Å². The van der Waals surface area contributed by atoms with Crippen LogP contribution in [0.1, 0.15) is 11.4 Å². The van der Waals surface area contributed by atoms with Crippen LogP contribution < -0.4 is 5.69 Å². The number of benzene rings is 1. The van der Waals surface area contributed by atoms with Crippen molar-refractivity contribution in [2.24, 2.45) is 0 Å². The second-order valence-corrected chi connectivity index (χ2v) is 4.60. The molecule has 1 heterocycles. The lowest BCUT2D eigenvalue weighted by Crippen LogP contribution is -2.24. The minimum absolute atomic E-state index is 0.341. The molecule has 0 aliphatic heterocycles. The second kappa shape index (κ2) is 4.51. The van der Waals surface area contributed by atoms with Gasteiger partial charge in [-0.3, -0.25) is 4.57 Å². The third kappa shape index (κ3) is 2.35. The lowest BCUT2D eigenvalue weighted by atomic mass is 10.3. The standard InChI is InChI=1S/C12H10Cl2N2O/c1-7-5-8(2)16(12(17)15-7)11-4-3-9(13)6-10(11)14/h3-6H,1-2H3. The topological polar surface area (TPSA) is 34.9 Å². The molecule has 0 spiro atoms. The Balaban J connectivity index is 2.73. The maximum atomic E-state index is 11.9. The molecule has 0 saturated heterocycles. The molecule has 0 saturated carbocycles. The van der Waals surface area contributed by atoms with Crippen LogP contribution in [0.5, 0.6) is 0 Å². The van der Waals surface area contributed by atoms with Gasteiger partial charge in [-0.25, -0.2) is 4.79 Å². The number of nitrogens with zero attached hydrogens (tertiary/aromatic N) is 2. The molecule has 5 heteroatoms. The first-order valence-electron chi connectivity index (χ1n) is 5.02. The highest BCUT2D eigenvalue weighted by atomic mass is 35.5. The van der Waals surface area contributed by atoms with Crippen LogP contribution >= 0.6 is 23.2 Å². The summed E-state index contributed by atoms with van der Waals surface area (Å²) in [4.78, 5) is 15.7. The maximum absolute atomic E-state index is 11.9. The number of aryl methyl sites for hydroxylation is 2. The summed E-state index contributed by atoms with van der Waals surface area (Å²) in [5, 5.41) is 0.956. The van der Waals surface area contributed by atoms with Crippen molar-refractivity contribution in [3.05, 3.63) is 56.2 Å². The van der Waals surface area contributed by atoms with Crippen molar-refractivity contribution in [2.45, 2.75) is 13.8 Å². The molecular formula is C12H10Cl2N2O. The van der Waals surface area contributed by atoms with E-state index in [1.54, 1.807) is 25.1 Å². The van der Waals surface area contributed by atoms with E-state index in [4.69, 9.17) is 23.2 Å². The van der Waals surface area contributed by atoms with Gasteiger partial charge in [0.25, 0.3) is 0 Å². The monoisotopic (exact) mass is 268 g/mol. The van der Waals surface area contributed by atoms with Gasteiger partial charge in [0.05, 0.1) is 10.7 Å². The number of rotatable bonds is 1. The van der Waals surface area contributed by atoms with Crippen molar-refractivity contribution in [1.82, 2.24) is 9.55 Å². The average Bonchev–Trinajstić information content (AvgIpc) is 2.19. The number of halogens is 2. The molecule has 0 amide bonds. The van der Waals surface area contributed by atoms with Crippen LogP contribution in [-0.4, -0.2) is 9.55 Å². The summed E-state index contributed by atoms with van der Waals surface area (Å²) in [7, 11) is 0. The zero-order valence-corrected chi connectivity index (χ0v) is 10.9. The summed E-state index contributed by atoms with van der Waals surface area (Å²) in [5.41, 5.74) is 1.72. The highest BCUT2D eigenvalue weighted by Gasteiger charge is 2.09. The Morgan fingerprint density at radius 3 is 2.47 bits per heavy atom. The molecule has 0 fully saturated rings. The first-order valence-corrected chi connectivity index (χ1v) is 5.77. The van der Waals surface area contributed by atoms with Crippen molar-refractivity contribution in [2.75, 3.05) is 0 Å². The van der Waals surface area contributed by atoms with Gasteiger partial charge in [-0.15, -0.1) is 0 Å². The fourth-order valence-corrected chi connectivity index (χ4v) is 2.20. The van der Waals surface area contributed by atoms with Crippen LogP contribution in [0.15, 0.2) is 29.1 Å². The van der Waals surface area contributed by atoms with Gasteiger partial charge in [-0.1, -0.05) is 23.2 Å². The van der Waals surface area contributed by atoms with Crippen LogP contribution in [-0.2, 0) is 0 Å². The summed E-state index contributed by atoms with van der Waals surface area (Å²) >= 11 is 11.9. The molecular weight excluding hydrogens is 259 g/mol. The van der Waals surface area contributed by atoms with E-state index in [-0.39, 0.29) is 5.69 Å². The third-order valence-corrected chi connectivity index (χ3v) is 2.92. The molecule has 2 aromatic rings. The number of hydrogen-bond donors (Lipinski definition) is 0. The molecule has 17 heavy (non-hydrogen) atoms. The summed E-state index contributed by atoms with van der Waals surface area (Å²) in [5.74, 6) is 0. The molecule has 0 radical (unpaired) electrons. The first-order chi connectivity index (χ1) is 7.99. The van der Waals surface area contributed by atoms with Gasteiger partial charge >= 0.3 is 5.69 Å². The normalized spacial score (nSPS) is 10.6. The highest BCUT2D eigenvalue weighted by Crippen LogP contribution is 2.24. The van der Waals surface area contributed by atoms with Crippen LogP contribution in [0.2, 0.25) is 10.0 Å². The van der Waals surface area contributed by atoms with E-state index in [9.17, 15) is 4.79 Å². The Kier molecular flexibility index (Phi) is 3.22. The molecule has 1 aromatic heterocycles.